The molecule has 8 heteroatoms. The van der Waals surface area contributed by atoms with E-state index in [4.69, 9.17) is 10.2 Å². The maximum Gasteiger partial charge on any atom is 0.132 e. The highest BCUT2D eigenvalue weighted by Gasteiger charge is 2.19. The smallest absolute Gasteiger partial charge is 0.132 e. The summed E-state index contributed by atoms with van der Waals surface area (Å²) in [7, 11) is 0. The van der Waals surface area contributed by atoms with E-state index < -0.39 is 0 Å². The van der Waals surface area contributed by atoms with E-state index in [0.717, 1.165) is 44.2 Å². The quantitative estimate of drug-likeness (QED) is 0.704. The van der Waals surface area contributed by atoms with Crippen molar-refractivity contribution in [1.82, 2.24) is 24.8 Å². The lowest BCUT2D eigenvalue weighted by Gasteiger charge is -2.35. The second-order valence-corrected chi connectivity index (χ2v) is 6.01. The zero-order valence-electron chi connectivity index (χ0n) is 14.3. The molecule has 0 bridgehead atoms. The van der Waals surface area contributed by atoms with E-state index in [0.29, 0.717) is 24.5 Å². The van der Waals surface area contributed by atoms with Crippen LogP contribution in [0.1, 0.15) is 17.3 Å². The zero-order chi connectivity index (χ0) is 17.5. The number of aromatic nitrogens is 4. The second kappa shape index (κ2) is 8.80. The van der Waals surface area contributed by atoms with Crippen LogP contribution in [0.3, 0.4) is 0 Å². The van der Waals surface area contributed by atoms with Crippen molar-refractivity contribution in [3.63, 3.8) is 0 Å². The van der Waals surface area contributed by atoms with Gasteiger partial charge in [0.25, 0.3) is 0 Å². The van der Waals surface area contributed by atoms with Crippen molar-refractivity contribution < 1.29 is 10.2 Å². The highest BCUT2D eigenvalue weighted by atomic mass is 16.3. The Morgan fingerprint density at radius 1 is 0.840 bits per heavy atom. The van der Waals surface area contributed by atoms with E-state index in [2.05, 4.69) is 29.7 Å². The fourth-order valence-electron chi connectivity index (χ4n) is 2.90. The van der Waals surface area contributed by atoms with Gasteiger partial charge in [-0.15, -0.1) is 0 Å². The van der Waals surface area contributed by atoms with Gasteiger partial charge in [-0.3, -0.25) is 4.90 Å². The molecule has 1 saturated heterocycles. The largest absolute Gasteiger partial charge is 0.396 e. The summed E-state index contributed by atoms with van der Waals surface area (Å²) >= 11 is 0. The molecule has 0 spiro atoms. The van der Waals surface area contributed by atoms with E-state index in [-0.39, 0.29) is 13.2 Å². The summed E-state index contributed by atoms with van der Waals surface area (Å²) in [6.07, 6.45) is 4.49. The maximum atomic E-state index is 9.02. The minimum absolute atomic E-state index is 0.0639. The summed E-state index contributed by atoms with van der Waals surface area (Å²) < 4.78 is 0. The van der Waals surface area contributed by atoms with Crippen LogP contribution >= 0.6 is 0 Å². The fraction of sp³-hybridized carbons (Fsp3) is 0.529. The van der Waals surface area contributed by atoms with Gasteiger partial charge in [-0.25, -0.2) is 19.9 Å². The van der Waals surface area contributed by atoms with Gasteiger partial charge in [0.1, 0.15) is 17.5 Å². The van der Waals surface area contributed by atoms with Gasteiger partial charge >= 0.3 is 0 Å². The Kier molecular flexibility index (Phi) is 6.21. The van der Waals surface area contributed by atoms with Crippen molar-refractivity contribution in [3.05, 3.63) is 41.9 Å². The third-order valence-electron chi connectivity index (χ3n) is 4.21. The number of anilines is 1. The predicted molar refractivity (Wildman–Crippen MR) is 93.1 cm³/mol. The van der Waals surface area contributed by atoms with Crippen LogP contribution in [-0.4, -0.2) is 74.4 Å². The number of aliphatic hydroxyl groups excluding tert-OH is 2. The Hall–Kier alpha value is -2.16. The van der Waals surface area contributed by atoms with Crippen molar-refractivity contribution in [2.45, 2.75) is 19.4 Å². The predicted octanol–water partition coefficient (Wildman–Crippen LogP) is -0.342. The monoisotopic (exact) mass is 344 g/mol. The molecule has 2 aromatic heterocycles. The molecule has 1 aliphatic heterocycles. The Labute approximate surface area is 147 Å². The molecule has 0 aliphatic carbocycles. The molecule has 0 aromatic carbocycles. The summed E-state index contributed by atoms with van der Waals surface area (Å²) in [6.45, 7) is 4.56. The van der Waals surface area contributed by atoms with Gasteiger partial charge in [-0.2, -0.15) is 0 Å². The molecule has 0 saturated carbocycles. The van der Waals surface area contributed by atoms with Crippen LogP contribution in [0.25, 0.3) is 0 Å². The van der Waals surface area contributed by atoms with Gasteiger partial charge in [0.2, 0.25) is 0 Å². The minimum atomic E-state index is 0.0639. The second-order valence-electron chi connectivity index (χ2n) is 6.01. The van der Waals surface area contributed by atoms with E-state index >= 15 is 0 Å². The number of hydrogen-bond acceptors (Lipinski definition) is 8. The van der Waals surface area contributed by atoms with E-state index in [1.54, 1.807) is 12.4 Å². The molecule has 3 heterocycles. The van der Waals surface area contributed by atoms with Crippen molar-refractivity contribution in [2.75, 3.05) is 44.3 Å². The summed E-state index contributed by atoms with van der Waals surface area (Å²) in [5.41, 5.74) is 0.985. The highest BCUT2D eigenvalue weighted by Crippen LogP contribution is 2.14. The lowest BCUT2D eigenvalue weighted by molar-refractivity contribution is 0.245. The molecule has 0 atom stereocenters. The number of nitrogens with zero attached hydrogens (tertiary/aromatic N) is 6. The van der Waals surface area contributed by atoms with Crippen molar-refractivity contribution in [2.24, 2.45) is 0 Å². The van der Waals surface area contributed by atoms with Crippen LogP contribution in [0.2, 0.25) is 0 Å². The third-order valence-corrected chi connectivity index (χ3v) is 4.21. The number of aliphatic hydroxyl groups is 2. The zero-order valence-corrected chi connectivity index (χ0v) is 14.3. The molecular weight excluding hydrogens is 320 g/mol. The van der Waals surface area contributed by atoms with Gasteiger partial charge in [0.15, 0.2) is 0 Å². The molecule has 8 nitrogen and oxygen atoms in total. The third kappa shape index (κ3) is 4.91. The van der Waals surface area contributed by atoms with Gasteiger partial charge in [-0.1, -0.05) is 0 Å². The van der Waals surface area contributed by atoms with Crippen LogP contribution in [0.15, 0.2) is 24.5 Å². The van der Waals surface area contributed by atoms with Gasteiger partial charge < -0.3 is 15.1 Å². The molecule has 2 N–H and O–H groups in total. The van der Waals surface area contributed by atoms with Gasteiger partial charge in [0.05, 0.1) is 18.9 Å². The molecule has 134 valence electrons. The summed E-state index contributed by atoms with van der Waals surface area (Å²) in [5.74, 6) is 2.29. The van der Waals surface area contributed by atoms with E-state index in [1.165, 1.54) is 0 Å². The summed E-state index contributed by atoms with van der Waals surface area (Å²) in [6, 6.07) is 3.85. The first-order valence-corrected chi connectivity index (χ1v) is 8.60. The fourth-order valence-corrected chi connectivity index (χ4v) is 2.90. The topological polar surface area (TPSA) is 98.5 Å². The van der Waals surface area contributed by atoms with Crippen LogP contribution in [0, 0.1) is 0 Å². The normalized spacial score (nSPS) is 15.5. The van der Waals surface area contributed by atoms with Crippen molar-refractivity contribution in [1.29, 1.82) is 0 Å². The molecule has 0 unspecified atom stereocenters. The summed E-state index contributed by atoms with van der Waals surface area (Å²) in [4.78, 5) is 22.0. The lowest BCUT2D eigenvalue weighted by atomic mass is 10.2. The molecule has 25 heavy (non-hydrogen) atoms. The molecule has 1 fully saturated rings. The number of piperazine rings is 1. The Morgan fingerprint density at radius 3 is 2.16 bits per heavy atom. The average Bonchev–Trinajstić information content (AvgIpc) is 2.64. The van der Waals surface area contributed by atoms with Crippen LogP contribution in [0.4, 0.5) is 5.82 Å². The van der Waals surface area contributed by atoms with Gasteiger partial charge in [0, 0.05) is 58.0 Å². The van der Waals surface area contributed by atoms with Gasteiger partial charge in [-0.05, 0) is 12.1 Å². The standard InChI is InChI=1S/C17H24N6O2/c24-11-3-15-18-5-1-14(20-15)13-22-7-9-23(10-8-22)17-2-6-19-16(21-17)4-12-25/h1-2,5-6,24-25H,3-4,7-13H2. The minimum Gasteiger partial charge on any atom is -0.396 e. The molecule has 0 radical (unpaired) electrons. The molecule has 0 amide bonds. The molecular formula is C17H24N6O2. The SMILES string of the molecule is OCCc1nccc(CN2CCN(c3ccnc(CCO)n3)CC2)n1. The highest BCUT2D eigenvalue weighted by molar-refractivity contribution is 5.38. The molecule has 1 aliphatic rings. The summed E-state index contributed by atoms with van der Waals surface area (Å²) in [5, 5.41) is 18.0. The van der Waals surface area contributed by atoms with E-state index in [9.17, 15) is 0 Å². The number of hydrogen-bond donors (Lipinski definition) is 2. The first-order chi connectivity index (χ1) is 12.3. The maximum absolute atomic E-state index is 9.02. The molecule has 2 aromatic rings. The van der Waals surface area contributed by atoms with Crippen LogP contribution in [-0.2, 0) is 19.4 Å². The first-order valence-electron chi connectivity index (χ1n) is 8.60. The Balaban J connectivity index is 1.55. The van der Waals surface area contributed by atoms with E-state index in [1.807, 2.05) is 12.1 Å². The van der Waals surface area contributed by atoms with Crippen molar-refractivity contribution >= 4 is 5.82 Å². The van der Waals surface area contributed by atoms with Crippen LogP contribution < -0.4 is 4.90 Å². The van der Waals surface area contributed by atoms with Crippen LogP contribution in [0.5, 0.6) is 0 Å². The van der Waals surface area contributed by atoms with Crippen molar-refractivity contribution in [3.8, 4) is 0 Å². The Bertz CT molecular complexity index is 676. The first kappa shape index (κ1) is 17.7. The molecule has 3 rings (SSSR count). The average molecular weight is 344 g/mol. The lowest BCUT2D eigenvalue weighted by Crippen LogP contribution is -2.46. The number of rotatable bonds is 7. The Morgan fingerprint density at radius 2 is 1.48 bits per heavy atom.